The number of ether oxygens (including phenoxy) is 1. The van der Waals surface area contributed by atoms with Crippen LogP contribution in [0.2, 0.25) is 0 Å². The third-order valence-corrected chi connectivity index (χ3v) is 3.39. The molecule has 0 heterocycles. The van der Waals surface area contributed by atoms with E-state index < -0.39 is 0 Å². The second-order valence-electron chi connectivity index (χ2n) is 5.36. The standard InChI is InChI=1S/C16H27NO2/c1-4-16(13-18,17-14(2)3)11-8-12-19-15-9-6-5-7-10-15/h5-7,9-10,14,17-18H,4,8,11-13H2,1-3H3. The van der Waals surface area contributed by atoms with Crippen LogP contribution in [0, 0.1) is 0 Å². The average Bonchev–Trinajstić information content (AvgIpc) is 2.43. The second kappa shape index (κ2) is 8.18. The Labute approximate surface area is 117 Å². The minimum Gasteiger partial charge on any atom is -0.494 e. The van der Waals surface area contributed by atoms with Crippen molar-refractivity contribution in [3.05, 3.63) is 30.3 Å². The van der Waals surface area contributed by atoms with Crippen LogP contribution in [0.1, 0.15) is 40.0 Å². The zero-order valence-electron chi connectivity index (χ0n) is 12.4. The lowest BCUT2D eigenvalue weighted by Gasteiger charge is -2.34. The summed E-state index contributed by atoms with van der Waals surface area (Å²) in [5, 5.41) is 13.1. The monoisotopic (exact) mass is 265 g/mol. The van der Waals surface area contributed by atoms with Gasteiger partial charge in [0.15, 0.2) is 0 Å². The fourth-order valence-corrected chi connectivity index (χ4v) is 2.32. The van der Waals surface area contributed by atoms with Gasteiger partial charge in [-0.3, -0.25) is 0 Å². The minimum atomic E-state index is -0.172. The number of para-hydroxylation sites is 1. The molecule has 0 aliphatic rings. The van der Waals surface area contributed by atoms with Gasteiger partial charge in [0.25, 0.3) is 0 Å². The fourth-order valence-electron chi connectivity index (χ4n) is 2.32. The van der Waals surface area contributed by atoms with Crippen molar-refractivity contribution < 1.29 is 9.84 Å². The van der Waals surface area contributed by atoms with Crippen molar-refractivity contribution in [2.24, 2.45) is 0 Å². The molecule has 1 unspecified atom stereocenters. The first-order chi connectivity index (χ1) is 9.12. The topological polar surface area (TPSA) is 41.5 Å². The molecule has 1 rings (SSSR count). The number of nitrogens with one attached hydrogen (secondary N) is 1. The van der Waals surface area contributed by atoms with Gasteiger partial charge in [0, 0.05) is 11.6 Å². The van der Waals surface area contributed by atoms with Crippen molar-refractivity contribution in [2.75, 3.05) is 13.2 Å². The number of hydrogen-bond donors (Lipinski definition) is 2. The maximum absolute atomic E-state index is 9.64. The molecule has 0 saturated heterocycles. The van der Waals surface area contributed by atoms with Crippen LogP contribution in [0.5, 0.6) is 5.75 Å². The summed E-state index contributed by atoms with van der Waals surface area (Å²) < 4.78 is 5.69. The molecule has 0 aromatic heterocycles. The van der Waals surface area contributed by atoms with Crippen molar-refractivity contribution in [3.63, 3.8) is 0 Å². The molecule has 1 aromatic carbocycles. The van der Waals surface area contributed by atoms with E-state index in [1.54, 1.807) is 0 Å². The molecule has 0 saturated carbocycles. The second-order valence-corrected chi connectivity index (χ2v) is 5.36. The van der Waals surface area contributed by atoms with E-state index in [2.05, 4.69) is 26.1 Å². The van der Waals surface area contributed by atoms with Crippen molar-refractivity contribution in [3.8, 4) is 5.75 Å². The smallest absolute Gasteiger partial charge is 0.119 e. The largest absolute Gasteiger partial charge is 0.494 e. The molecular weight excluding hydrogens is 238 g/mol. The van der Waals surface area contributed by atoms with Crippen LogP contribution in [-0.4, -0.2) is 29.9 Å². The highest BCUT2D eigenvalue weighted by molar-refractivity contribution is 5.20. The highest BCUT2D eigenvalue weighted by atomic mass is 16.5. The molecular formula is C16H27NO2. The molecule has 0 radical (unpaired) electrons. The maximum Gasteiger partial charge on any atom is 0.119 e. The molecule has 19 heavy (non-hydrogen) atoms. The van der Waals surface area contributed by atoms with E-state index in [-0.39, 0.29) is 12.1 Å². The van der Waals surface area contributed by atoms with Gasteiger partial charge >= 0.3 is 0 Å². The Balaban J connectivity index is 2.36. The van der Waals surface area contributed by atoms with Crippen molar-refractivity contribution in [1.29, 1.82) is 0 Å². The summed E-state index contributed by atoms with van der Waals surface area (Å²) >= 11 is 0. The Bertz CT molecular complexity index is 334. The Kier molecular flexibility index (Phi) is 6.89. The van der Waals surface area contributed by atoms with Gasteiger partial charge in [0.2, 0.25) is 0 Å². The van der Waals surface area contributed by atoms with Crippen LogP contribution in [-0.2, 0) is 0 Å². The highest BCUT2D eigenvalue weighted by Gasteiger charge is 2.27. The summed E-state index contributed by atoms with van der Waals surface area (Å²) in [6, 6.07) is 10.2. The lowest BCUT2D eigenvalue weighted by atomic mass is 9.90. The van der Waals surface area contributed by atoms with Crippen LogP contribution in [0.3, 0.4) is 0 Å². The van der Waals surface area contributed by atoms with Gasteiger partial charge < -0.3 is 15.2 Å². The van der Waals surface area contributed by atoms with Crippen molar-refractivity contribution >= 4 is 0 Å². The molecule has 1 atom stereocenters. The fraction of sp³-hybridized carbons (Fsp3) is 0.625. The highest BCUT2D eigenvalue weighted by Crippen LogP contribution is 2.18. The van der Waals surface area contributed by atoms with E-state index in [4.69, 9.17) is 4.74 Å². The summed E-state index contributed by atoms with van der Waals surface area (Å²) in [4.78, 5) is 0. The first-order valence-corrected chi connectivity index (χ1v) is 7.18. The SMILES string of the molecule is CCC(CO)(CCCOc1ccccc1)NC(C)C. The van der Waals surface area contributed by atoms with Crippen LogP contribution in [0.25, 0.3) is 0 Å². The molecule has 3 nitrogen and oxygen atoms in total. The summed E-state index contributed by atoms with van der Waals surface area (Å²) in [5.41, 5.74) is -0.172. The summed E-state index contributed by atoms with van der Waals surface area (Å²) in [5.74, 6) is 0.908. The predicted octanol–water partition coefficient (Wildman–Crippen LogP) is 2.98. The number of hydrogen-bond acceptors (Lipinski definition) is 3. The van der Waals surface area contributed by atoms with Gasteiger partial charge in [0.05, 0.1) is 13.2 Å². The number of aliphatic hydroxyl groups excluding tert-OH is 1. The molecule has 0 aliphatic carbocycles. The normalized spacial score (nSPS) is 14.4. The molecule has 1 aromatic rings. The summed E-state index contributed by atoms with van der Waals surface area (Å²) in [6.45, 7) is 7.20. The molecule has 2 N–H and O–H groups in total. The first kappa shape index (κ1) is 16.0. The van der Waals surface area contributed by atoms with Crippen molar-refractivity contribution in [1.82, 2.24) is 5.32 Å². The molecule has 108 valence electrons. The molecule has 0 aliphatic heterocycles. The van der Waals surface area contributed by atoms with E-state index in [0.717, 1.165) is 25.0 Å². The van der Waals surface area contributed by atoms with Gasteiger partial charge in [-0.15, -0.1) is 0 Å². The number of benzene rings is 1. The molecule has 0 fully saturated rings. The van der Waals surface area contributed by atoms with Crippen LogP contribution in [0.15, 0.2) is 30.3 Å². The summed E-state index contributed by atoms with van der Waals surface area (Å²) in [7, 11) is 0. The Morgan fingerprint density at radius 2 is 1.95 bits per heavy atom. The minimum absolute atomic E-state index is 0.172. The first-order valence-electron chi connectivity index (χ1n) is 7.18. The molecule has 3 heteroatoms. The van der Waals surface area contributed by atoms with E-state index in [9.17, 15) is 5.11 Å². The van der Waals surface area contributed by atoms with Crippen LogP contribution >= 0.6 is 0 Å². The predicted molar refractivity (Wildman–Crippen MR) is 79.6 cm³/mol. The summed E-state index contributed by atoms with van der Waals surface area (Å²) in [6.07, 6.45) is 2.78. The molecule has 0 spiro atoms. The van der Waals surface area contributed by atoms with Gasteiger partial charge in [-0.1, -0.05) is 39.0 Å². The van der Waals surface area contributed by atoms with Crippen LogP contribution < -0.4 is 10.1 Å². The Morgan fingerprint density at radius 1 is 1.26 bits per heavy atom. The van der Waals surface area contributed by atoms with E-state index in [1.165, 1.54) is 0 Å². The molecule has 0 bridgehead atoms. The van der Waals surface area contributed by atoms with E-state index in [0.29, 0.717) is 12.6 Å². The van der Waals surface area contributed by atoms with Crippen LogP contribution in [0.4, 0.5) is 0 Å². The third kappa shape index (κ3) is 5.62. The van der Waals surface area contributed by atoms with Gasteiger partial charge in [0.1, 0.15) is 5.75 Å². The van der Waals surface area contributed by atoms with E-state index in [1.807, 2.05) is 30.3 Å². The molecule has 0 amide bonds. The zero-order valence-corrected chi connectivity index (χ0v) is 12.4. The Hall–Kier alpha value is -1.06. The maximum atomic E-state index is 9.64. The lowest BCUT2D eigenvalue weighted by molar-refractivity contribution is 0.129. The average molecular weight is 265 g/mol. The van der Waals surface area contributed by atoms with Gasteiger partial charge in [-0.05, 0) is 31.4 Å². The van der Waals surface area contributed by atoms with E-state index >= 15 is 0 Å². The van der Waals surface area contributed by atoms with Crippen molar-refractivity contribution in [2.45, 2.75) is 51.6 Å². The lowest BCUT2D eigenvalue weighted by Crippen LogP contribution is -2.51. The quantitative estimate of drug-likeness (QED) is 0.674. The number of aliphatic hydroxyl groups is 1. The third-order valence-electron chi connectivity index (χ3n) is 3.39. The number of rotatable bonds is 9. The van der Waals surface area contributed by atoms with Gasteiger partial charge in [-0.2, -0.15) is 0 Å². The van der Waals surface area contributed by atoms with Gasteiger partial charge in [-0.25, -0.2) is 0 Å². The zero-order chi connectivity index (χ0) is 14.1. The Morgan fingerprint density at radius 3 is 2.47 bits per heavy atom.